The van der Waals surface area contributed by atoms with E-state index in [1.54, 1.807) is 31.2 Å². The van der Waals surface area contributed by atoms with Crippen molar-refractivity contribution in [2.75, 3.05) is 11.9 Å². The summed E-state index contributed by atoms with van der Waals surface area (Å²) < 4.78 is 5.10. The van der Waals surface area contributed by atoms with Crippen molar-refractivity contribution in [2.45, 2.75) is 32.6 Å². The molecule has 5 heteroatoms. The topological polar surface area (TPSA) is 72.5 Å². The van der Waals surface area contributed by atoms with E-state index in [9.17, 15) is 14.4 Å². The molecule has 26 heavy (non-hydrogen) atoms. The molecule has 1 amide bonds. The van der Waals surface area contributed by atoms with Crippen LogP contribution in [0, 0.1) is 0 Å². The molecule has 0 bridgehead atoms. The number of carbonyl (C=O) groups excluding carboxylic acids is 3. The third-order valence-corrected chi connectivity index (χ3v) is 4.02. The van der Waals surface area contributed by atoms with Crippen LogP contribution in [-0.4, -0.2) is 24.3 Å². The lowest BCUT2D eigenvalue weighted by atomic mass is 9.98. The molecule has 0 unspecified atom stereocenters. The minimum absolute atomic E-state index is 0.0280. The summed E-state index contributed by atoms with van der Waals surface area (Å²) in [6.07, 6.45) is 0.608. The number of nitrogens with one attached hydrogen (secondary N) is 1. The molecule has 0 aliphatic heterocycles. The Kier molecular flexibility index (Phi) is 7.09. The molecule has 0 aromatic heterocycles. The Hall–Kier alpha value is -2.95. The monoisotopic (exact) mass is 353 g/mol. The quantitative estimate of drug-likeness (QED) is 0.576. The zero-order valence-corrected chi connectivity index (χ0v) is 15.0. The molecule has 0 saturated heterocycles. The lowest BCUT2D eigenvalue weighted by molar-refractivity contribution is -0.142. The predicted molar refractivity (Wildman–Crippen MR) is 100 cm³/mol. The SMILES string of the molecule is CCC(=O)Nc1ccc(C(=O)COC(=O)C[C@@H](C)c2ccccc2)cc1. The summed E-state index contributed by atoms with van der Waals surface area (Å²) in [6, 6.07) is 16.2. The van der Waals surface area contributed by atoms with Gasteiger partial charge in [0.15, 0.2) is 12.4 Å². The molecule has 5 nitrogen and oxygen atoms in total. The van der Waals surface area contributed by atoms with E-state index in [0.29, 0.717) is 17.7 Å². The Morgan fingerprint density at radius 2 is 1.65 bits per heavy atom. The van der Waals surface area contributed by atoms with Gasteiger partial charge in [-0.15, -0.1) is 0 Å². The molecular weight excluding hydrogens is 330 g/mol. The number of rotatable bonds is 8. The number of esters is 1. The molecule has 0 heterocycles. The van der Waals surface area contributed by atoms with Crippen LogP contribution in [0.4, 0.5) is 5.69 Å². The Morgan fingerprint density at radius 1 is 1.00 bits per heavy atom. The van der Waals surface area contributed by atoms with Crippen LogP contribution in [0.5, 0.6) is 0 Å². The Bertz CT molecular complexity index is 753. The summed E-state index contributed by atoms with van der Waals surface area (Å²) in [4.78, 5) is 35.4. The first kappa shape index (κ1) is 19.4. The maximum absolute atomic E-state index is 12.1. The van der Waals surface area contributed by atoms with Crippen molar-refractivity contribution in [3.05, 3.63) is 65.7 Å². The van der Waals surface area contributed by atoms with E-state index in [2.05, 4.69) is 5.32 Å². The van der Waals surface area contributed by atoms with Gasteiger partial charge >= 0.3 is 5.97 Å². The number of carbonyl (C=O) groups is 3. The summed E-state index contributed by atoms with van der Waals surface area (Å²) in [7, 11) is 0. The smallest absolute Gasteiger partial charge is 0.306 e. The van der Waals surface area contributed by atoms with E-state index >= 15 is 0 Å². The van der Waals surface area contributed by atoms with Gasteiger partial charge in [-0.25, -0.2) is 0 Å². The fourth-order valence-corrected chi connectivity index (χ4v) is 2.43. The van der Waals surface area contributed by atoms with Gasteiger partial charge in [-0.1, -0.05) is 44.2 Å². The lowest BCUT2D eigenvalue weighted by Crippen LogP contribution is -2.16. The summed E-state index contributed by atoms with van der Waals surface area (Å²) in [5.74, 6) is -0.744. The number of amides is 1. The zero-order chi connectivity index (χ0) is 18.9. The van der Waals surface area contributed by atoms with Gasteiger partial charge < -0.3 is 10.1 Å². The Balaban J connectivity index is 1.82. The zero-order valence-electron chi connectivity index (χ0n) is 15.0. The van der Waals surface area contributed by atoms with Gasteiger partial charge in [-0.2, -0.15) is 0 Å². The van der Waals surface area contributed by atoms with Gasteiger partial charge in [-0.05, 0) is 35.7 Å². The number of hydrogen-bond donors (Lipinski definition) is 1. The molecule has 0 spiro atoms. The van der Waals surface area contributed by atoms with Crippen molar-refractivity contribution in [3.8, 4) is 0 Å². The highest BCUT2D eigenvalue weighted by Crippen LogP contribution is 2.19. The molecule has 2 aromatic rings. The third-order valence-electron chi connectivity index (χ3n) is 4.02. The second-order valence-electron chi connectivity index (χ2n) is 6.08. The average molecular weight is 353 g/mol. The summed E-state index contributed by atoms with van der Waals surface area (Å²) >= 11 is 0. The van der Waals surface area contributed by atoms with Crippen LogP contribution in [-0.2, 0) is 14.3 Å². The molecule has 2 aromatic carbocycles. The van der Waals surface area contributed by atoms with E-state index < -0.39 is 5.97 Å². The van der Waals surface area contributed by atoms with Gasteiger partial charge in [0.25, 0.3) is 0 Å². The highest BCUT2D eigenvalue weighted by Gasteiger charge is 2.14. The second-order valence-corrected chi connectivity index (χ2v) is 6.08. The molecule has 136 valence electrons. The molecule has 0 saturated carbocycles. The summed E-state index contributed by atoms with van der Waals surface area (Å²) in [6.45, 7) is 3.42. The van der Waals surface area contributed by atoms with Gasteiger partial charge in [0.05, 0.1) is 6.42 Å². The third kappa shape index (κ3) is 5.84. The van der Waals surface area contributed by atoms with Crippen LogP contribution >= 0.6 is 0 Å². The van der Waals surface area contributed by atoms with Crippen molar-refractivity contribution in [3.63, 3.8) is 0 Å². The standard InChI is InChI=1S/C21H23NO4/c1-3-20(24)22-18-11-9-17(10-12-18)19(23)14-26-21(25)13-15(2)16-7-5-4-6-8-16/h4-12,15H,3,13-14H2,1-2H3,(H,22,24)/t15-/m1/s1. The molecule has 0 aliphatic rings. The van der Waals surface area contributed by atoms with Crippen LogP contribution in [0.25, 0.3) is 0 Å². The van der Waals surface area contributed by atoms with E-state index in [-0.39, 0.29) is 30.6 Å². The number of ether oxygens (including phenoxy) is 1. The highest BCUT2D eigenvalue weighted by atomic mass is 16.5. The van der Waals surface area contributed by atoms with E-state index in [1.807, 2.05) is 37.3 Å². The van der Waals surface area contributed by atoms with Gasteiger partial charge in [0.2, 0.25) is 5.91 Å². The first-order valence-electron chi connectivity index (χ1n) is 8.63. The number of Topliss-reactive ketones (excluding diaryl/α,β-unsaturated/α-hetero) is 1. The average Bonchev–Trinajstić information content (AvgIpc) is 2.67. The van der Waals surface area contributed by atoms with Crippen molar-refractivity contribution >= 4 is 23.3 Å². The molecule has 1 N–H and O–H groups in total. The molecule has 0 aliphatic carbocycles. The van der Waals surface area contributed by atoms with Crippen LogP contribution in [0.1, 0.15) is 48.5 Å². The number of benzene rings is 2. The van der Waals surface area contributed by atoms with Crippen LogP contribution in [0.15, 0.2) is 54.6 Å². The fourth-order valence-electron chi connectivity index (χ4n) is 2.43. The Labute approximate surface area is 153 Å². The number of ketones is 1. The molecular formula is C21H23NO4. The van der Waals surface area contributed by atoms with E-state index in [4.69, 9.17) is 4.74 Å². The predicted octanol–water partition coefficient (Wildman–Crippen LogP) is 3.95. The molecule has 2 rings (SSSR count). The first-order chi connectivity index (χ1) is 12.5. The minimum Gasteiger partial charge on any atom is -0.457 e. The van der Waals surface area contributed by atoms with Gasteiger partial charge in [0.1, 0.15) is 0 Å². The van der Waals surface area contributed by atoms with Crippen molar-refractivity contribution in [2.24, 2.45) is 0 Å². The largest absolute Gasteiger partial charge is 0.457 e. The fraction of sp³-hybridized carbons (Fsp3) is 0.286. The normalized spacial score (nSPS) is 11.5. The van der Waals surface area contributed by atoms with Crippen LogP contribution in [0.3, 0.4) is 0 Å². The van der Waals surface area contributed by atoms with Crippen LogP contribution in [0.2, 0.25) is 0 Å². The summed E-state index contributed by atoms with van der Waals surface area (Å²) in [5.41, 5.74) is 2.12. The number of anilines is 1. The van der Waals surface area contributed by atoms with E-state index in [0.717, 1.165) is 5.56 Å². The summed E-state index contributed by atoms with van der Waals surface area (Å²) in [5, 5.41) is 2.71. The van der Waals surface area contributed by atoms with E-state index in [1.165, 1.54) is 0 Å². The maximum Gasteiger partial charge on any atom is 0.306 e. The number of hydrogen-bond acceptors (Lipinski definition) is 4. The molecule has 0 fully saturated rings. The van der Waals surface area contributed by atoms with Gasteiger partial charge in [-0.3, -0.25) is 14.4 Å². The minimum atomic E-state index is -0.401. The Morgan fingerprint density at radius 3 is 2.27 bits per heavy atom. The molecule has 1 atom stereocenters. The van der Waals surface area contributed by atoms with Crippen molar-refractivity contribution < 1.29 is 19.1 Å². The van der Waals surface area contributed by atoms with Crippen molar-refractivity contribution in [1.82, 2.24) is 0 Å². The molecule has 0 radical (unpaired) electrons. The highest BCUT2D eigenvalue weighted by molar-refractivity contribution is 5.98. The lowest BCUT2D eigenvalue weighted by Gasteiger charge is -2.11. The van der Waals surface area contributed by atoms with Crippen molar-refractivity contribution in [1.29, 1.82) is 0 Å². The van der Waals surface area contributed by atoms with Crippen LogP contribution < -0.4 is 5.32 Å². The first-order valence-corrected chi connectivity index (χ1v) is 8.63. The maximum atomic E-state index is 12.1. The van der Waals surface area contributed by atoms with Gasteiger partial charge in [0, 0.05) is 17.7 Å². The second kappa shape index (κ2) is 9.51.